The second kappa shape index (κ2) is 10.8. The number of nitrogens with one attached hydrogen (secondary N) is 3. The normalized spacial score (nSPS) is 12.3. The van der Waals surface area contributed by atoms with Crippen LogP contribution in [0.4, 0.5) is 10.5 Å². The first-order valence-electron chi connectivity index (χ1n) is 9.80. The fourth-order valence-corrected chi connectivity index (χ4v) is 2.66. The molecule has 8 nitrogen and oxygen atoms in total. The monoisotopic (exact) mass is 406 g/mol. The van der Waals surface area contributed by atoms with Crippen molar-refractivity contribution in [2.24, 2.45) is 11.3 Å². The van der Waals surface area contributed by atoms with Crippen molar-refractivity contribution >= 4 is 23.5 Å². The molecule has 0 saturated carbocycles. The van der Waals surface area contributed by atoms with Gasteiger partial charge in [0.2, 0.25) is 5.91 Å². The van der Waals surface area contributed by atoms with E-state index in [4.69, 9.17) is 5.21 Å². The smallest absolute Gasteiger partial charge is 0.319 e. The molecular formula is C21H34N4O4. The van der Waals surface area contributed by atoms with Crippen molar-refractivity contribution < 1.29 is 19.6 Å². The fraction of sp³-hybridized carbons (Fsp3) is 0.571. The summed E-state index contributed by atoms with van der Waals surface area (Å²) in [6.07, 6.45) is 0.691. The maximum Gasteiger partial charge on any atom is 0.319 e. The summed E-state index contributed by atoms with van der Waals surface area (Å²) in [7, 11) is 0. The van der Waals surface area contributed by atoms with Gasteiger partial charge in [0, 0.05) is 12.2 Å². The molecule has 8 heteroatoms. The highest BCUT2D eigenvalue weighted by molar-refractivity contribution is 5.95. The maximum atomic E-state index is 13.2. The SMILES string of the molecule is Cc1ccc(NC(=O)N[C@H](C(=O)N(CCC(C)C)CC(=O)NO)C(C)(C)C)cc1. The van der Waals surface area contributed by atoms with Gasteiger partial charge < -0.3 is 15.5 Å². The molecule has 0 aliphatic heterocycles. The van der Waals surface area contributed by atoms with Gasteiger partial charge in [0.25, 0.3) is 5.91 Å². The number of aryl methyl sites for hydroxylation is 1. The van der Waals surface area contributed by atoms with E-state index in [-0.39, 0.29) is 12.5 Å². The minimum Gasteiger partial charge on any atom is -0.331 e. The molecule has 1 rings (SSSR count). The van der Waals surface area contributed by atoms with Crippen LogP contribution in [0.15, 0.2) is 24.3 Å². The third kappa shape index (κ3) is 8.51. The Hall–Kier alpha value is -2.61. The van der Waals surface area contributed by atoms with Gasteiger partial charge in [-0.2, -0.15) is 0 Å². The molecule has 0 heterocycles. The van der Waals surface area contributed by atoms with Crippen molar-refractivity contribution in [2.75, 3.05) is 18.4 Å². The molecule has 4 amide bonds. The Bertz CT molecular complexity index is 696. The summed E-state index contributed by atoms with van der Waals surface area (Å²) >= 11 is 0. The van der Waals surface area contributed by atoms with E-state index in [1.807, 2.05) is 53.7 Å². The zero-order valence-corrected chi connectivity index (χ0v) is 18.2. The van der Waals surface area contributed by atoms with Crippen molar-refractivity contribution in [1.82, 2.24) is 15.7 Å². The van der Waals surface area contributed by atoms with Gasteiger partial charge >= 0.3 is 6.03 Å². The average Bonchev–Trinajstić information content (AvgIpc) is 2.63. The fourth-order valence-electron chi connectivity index (χ4n) is 2.66. The van der Waals surface area contributed by atoms with Crippen LogP contribution in [-0.4, -0.2) is 47.1 Å². The van der Waals surface area contributed by atoms with Crippen LogP contribution in [0.1, 0.15) is 46.6 Å². The third-order valence-electron chi connectivity index (χ3n) is 4.45. The lowest BCUT2D eigenvalue weighted by molar-refractivity contribution is -0.142. The summed E-state index contributed by atoms with van der Waals surface area (Å²) in [6.45, 7) is 11.6. The summed E-state index contributed by atoms with van der Waals surface area (Å²) in [5.74, 6) is -0.729. The number of urea groups is 1. The second-order valence-corrected chi connectivity index (χ2v) is 8.74. The molecule has 1 aromatic carbocycles. The van der Waals surface area contributed by atoms with Gasteiger partial charge in [0.1, 0.15) is 12.6 Å². The van der Waals surface area contributed by atoms with Gasteiger partial charge in [0.05, 0.1) is 0 Å². The molecule has 0 aliphatic rings. The summed E-state index contributed by atoms with van der Waals surface area (Å²) < 4.78 is 0. The predicted octanol–water partition coefficient (Wildman–Crippen LogP) is 2.91. The first-order chi connectivity index (χ1) is 13.4. The topological polar surface area (TPSA) is 111 Å². The lowest BCUT2D eigenvalue weighted by atomic mass is 9.85. The van der Waals surface area contributed by atoms with Crippen LogP contribution in [0.3, 0.4) is 0 Å². The summed E-state index contributed by atoms with van der Waals surface area (Å²) in [4.78, 5) is 38.8. The highest BCUT2D eigenvalue weighted by Gasteiger charge is 2.36. The van der Waals surface area contributed by atoms with E-state index in [1.165, 1.54) is 4.90 Å². The molecule has 1 atom stereocenters. The quantitative estimate of drug-likeness (QED) is 0.393. The van der Waals surface area contributed by atoms with Crippen LogP contribution in [-0.2, 0) is 9.59 Å². The first-order valence-corrected chi connectivity index (χ1v) is 9.80. The molecular weight excluding hydrogens is 372 g/mol. The van der Waals surface area contributed by atoms with E-state index < -0.39 is 23.4 Å². The molecule has 4 N–H and O–H groups in total. The lowest BCUT2D eigenvalue weighted by Crippen LogP contribution is -2.57. The van der Waals surface area contributed by atoms with E-state index >= 15 is 0 Å². The standard InChI is InChI=1S/C21H34N4O4/c1-14(2)11-12-25(13-17(26)24-29)19(27)18(21(4,5)6)23-20(28)22-16-9-7-15(3)8-10-16/h7-10,14,18,29H,11-13H2,1-6H3,(H,24,26)(H2,22,23,28)/t18-/m1/s1. The van der Waals surface area contributed by atoms with Crippen LogP contribution in [0, 0.1) is 18.3 Å². The van der Waals surface area contributed by atoms with Gasteiger partial charge in [-0.15, -0.1) is 0 Å². The van der Waals surface area contributed by atoms with E-state index in [0.717, 1.165) is 5.56 Å². The maximum absolute atomic E-state index is 13.2. The Morgan fingerprint density at radius 2 is 1.69 bits per heavy atom. The molecule has 0 unspecified atom stereocenters. The third-order valence-corrected chi connectivity index (χ3v) is 4.45. The largest absolute Gasteiger partial charge is 0.331 e. The number of nitrogens with zero attached hydrogens (tertiary/aromatic N) is 1. The van der Waals surface area contributed by atoms with Crippen LogP contribution in [0.2, 0.25) is 0 Å². The number of rotatable bonds is 8. The molecule has 0 radical (unpaired) electrons. The highest BCUT2D eigenvalue weighted by Crippen LogP contribution is 2.22. The van der Waals surface area contributed by atoms with Crippen LogP contribution < -0.4 is 16.1 Å². The molecule has 0 aliphatic carbocycles. The van der Waals surface area contributed by atoms with E-state index in [1.54, 1.807) is 17.6 Å². The number of benzene rings is 1. The van der Waals surface area contributed by atoms with Crippen molar-refractivity contribution in [2.45, 2.75) is 54.0 Å². The lowest BCUT2D eigenvalue weighted by Gasteiger charge is -2.35. The van der Waals surface area contributed by atoms with Crippen LogP contribution in [0.5, 0.6) is 0 Å². The Labute approximate surface area is 173 Å². The summed E-state index contributed by atoms with van der Waals surface area (Å²) in [5, 5.41) is 14.3. The number of hydrogen-bond donors (Lipinski definition) is 4. The van der Waals surface area contributed by atoms with Gasteiger partial charge in [-0.3, -0.25) is 14.8 Å². The van der Waals surface area contributed by atoms with Crippen molar-refractivity contribution in [3.63, 3.8) is 0 Å². The molecule has 1 aromatic rings. The van der Waals surface area contributed by atoms with Crippen molar-refractivity contribution in [1.29, 1.82) is 0 Å². The second-order valence-electron chi connectivity index (χ2n) is 8.74. The van der Waals surface area contributed by atoms with Gasteiger partial charge in [-0.05, 0) is 36.8 Å². The van der Waals surface area contributed by atoms with Crippen molar-refractivity contribution in [3.05, 3.63) is 29.8 Å². The average molecular weight is 407 g/mol. The first kappa shape index (κ1) is 24.4. The van der Waals surface area contributed by atoms with E-state index in [2.05, 4.69) is 10.6 Å². The predicted molar refractivity (Wildman–Crippen MR) is 113 cm³/mol. The van der Waals surface area contributed by atoms with Gasteiger partial charge in [-0.25, -0.2) is 10.3 Å². The Balaban J connectivity index is 2.96. The molecule has 0 aromatic heterocycles. The zero-order valence-electron chi connectivity index (χ0n) is 18.2. The van der Waals surface area contributed by atoms with Gasteiger partial charge in [-0.1, -0.05) is 52.3 Å². The van der Waals surface area contributed by atoms with Crippen LogP contribution >= 0.6 is 0 Å². The van der Waals surface area contributed by atoms with E-state index in [9.17, 15) is 14.4 Å². The number of carbonyl (C=O) groups excluding carboxylic acids is 3. The number of anilines is 1. The van der Waals surface area contributed by atoms with E-state index in [0.29, 0.717) is 24.6 Å². The summed E-state index contributed by atoms with van der Waals surface area (Å²) in [6, 6.07) is 5.96. The molecule has 0 fully saturated rings. The van der Waals surface area contributed by atoms with Crippen molar-refractivity contribution in [3.8, 4) is 0 Å². The zero-order chi connectivity index (χ0) is 22.2. The highest BCUT2D eigenvalue weighted by atomic mass is 16.5. The molecule has 0 bridgehead atoms. The molecule has 162 valence electrons. The molecule has 0 spiro atoms. The Morgan fingerprint density at radius 1 is 1.10 bits per heavy atom. The number of carbonyl (C=O) groups is 3. The van der Waals surface area contributed by atoms with Gasteiger partial charge in [0.15, 0.2) is 0 Å². The van der Waals surface area contributed by atoms with Crippen LogP contribution in [0.25, 0.3) is 0 Å². The molecule has 29 heavy (non-hydrogen) atoms. The number of amides is 4. The summed E-state index contributed by atoms with van der Waals surface area (Å²) in [5.41, 5.74) is 2.66. The minimum atomic E-state index is -0.855. The minimum absolute atomic E-state index is 0.282. The number of hydroxylamine groups is 1. The Morgan fingerprint density at radius 3 is 2.17 bits per heavy atom. The Kier molecular flexibility index (Phi) is 9.10. The molecule has 0 saturated heterocycles. The number of hydrogen-bond acceptors (Lipinski definition) is 4.